The summed E-state index contributed by atoms with van der Waals surface area (Å²) in [6, 6.07) is 4.25. The number of nitrogens with one attached hydrogen (secondary N) is 2. The van der Waals surface area contributed by atoms with Gasteiger partial charge in [0.2, 0.25) is 0 Å². The Morgan fingerprint density at radius 3 is 2.57 bits per heavy atom. The number of aliphatic imine (C=N–C) groups is 1. The number of hydrogen-bond donors (Lipinski definition) is 2. The maximum Gasteiger partial charge on any atom is 0.191 e. The average Bonchev–Trinajstić information content (AvgIpc) is 3.12. The van der Waals surface area contributed by atoms with Crippen LogP contribution >= 0.6 is 0 Å². The third kappa shape index (κ3) is 7.11. The van der Waals surface area contributed by atoms with Gasteiger partial charge < -0.3 is 24.5 Å². The van der Waals surface area contributed by atoms with E-state index in [2.05, 4.69) is 40.4 Å². The molecule has 2 rings (SSSR count). The number of ether oxygens (including phenoxy) is 2. The number of hydrogen-bond acceptors (Lipinski definition) is 5. The van der Waals surface area contributed by atoms with Gasteiger partial charge in [-0.1, -0.05) is 13.8 Å². The highest BCUT2D eigenvalue weighted by atomic mass is 16.5. The second-order valence-electron chi connectivity index (χ2n) is 7.52. The summed E-state index contributed by atoms with van der Waals surface area (Å²) in [6.07, 6.45) is 1.22. The van der Waals surface area contributed by atoms with Crippen LogP contribution in [0, 0.1) is 12.8 Å². The summed E-state index contributed by atoms with van der Waals surface area (Å²) in [6.45, 7) is 14.1. The van der Waals surface area contributed by atoms with Crippen molar-refractivity contribution in [3.05, 3.63) is 23.7 Å². The lowest BCUT2D eigenvalue weighted by Crippen LogP contribution is -2.46. The Bertz CT molecular complexity index is 582. The van der Waals surface area contributed by atoms with Gasteiger partial charge in [0.15, 0.2) is 5.96 Å². The lowest BCUT2D eigenvalue weighted by Gasteiger charge is -2.33. The van der Waals surface area contributed by atoms with E-state index in [4.69, 9.17) is 13.9 Å². The van der Waals surface area contributed by atoms with Crippen LogP contribution in [0.5, 0.6) is 0 Å². The molecule has 0 amide bonds. The molecule has 7 heteroatoms. The van der Waals surface area contributed by atoms with Crippen LogP contribution < -0.4 is 10.6 Å². The van der Waals surface area contributed by atoms with Gasteiger partial charge in [-0.05, 0) is 38.3 Å². The topological polar surface area (TPSA) is 71.3 Å². The van der Waals surface area contributed by atoms with E-state index in [-0.39, 0.29) is 12.1 Å². The molecule has 0 bridgehead atoms. The molecule has 2 heterocycles. The number of guanidine groups is 1. The van der Waals surface area contributed by atoms with Gasteiger partial charge in [0.1, 0.15) is 11.5 Å². The normalized spacial score (nSPS) is 18.3. The van der Waals surface area contributed by atoms with Gasteiger partial charge in [-0.2, -0.15) is 0 Å². The van der Waals surface area contributed by atoms with Gasteiger partial charge in [0, 0.05) is 39.8 Å². The minimum Gasteiger partial charge on any atom is -0.465 e. The third-order valence-electron chi connectivity index (χ3n) is 5.11. The Morgan fingerprint density at radius 1 is 1.25 bits per heavy atom. The third-order valence-corrected chi connectivity index (χ3v) is 5.11. The zero-order chi connectivity index (χ0) is 20.4. The van der Waals surface area contributed by atoms with Gasteiger partial charge in [-0.25, -0.2) is 0 Å². The van der Waals surface area contributed by atoms with E-state index in [0.29, 0.717) is 5.92 Å². The molecule has 1 fully saturated rings. The molecule has 1 aliphatic rings. The second-order valence-corrected chi connectivity index (χ2v) is 7.52. The zero-order valence-corrected chi connectivity index (χ0v) is 18.2. The molecule has 1 aromatic heterocycles. The molecule has 7 nitrogen and oxygen atoms in total. The predicted molar refractivity (Wildman–Crippen MR) is 113 cm³/mol. The maximum atomic E-state index is 5.93. The highest BCUT2D eigenvalue weighted by Crippen LogP contribution is 2.23. The van der Waals surface area contributed by atoms with E-state index in [9.17, 15) is 0 Å². The summed E-state index contributed by atoms with van der Waals surface area (Å²) in [7, 11) is 1.80. The van der Waals surface area contributed by atoms with Crippen LogP contribution in [0.25, 0.3) is 0 Å². The molecule has 2 N–H and O–H groups in total. The van der Waals surface area contributed by atoms with E-state index >= 15 is 0 Å². The fourth-order valence-electron chi connectivity index (χ4n) is 3.50. The van der Waals surface area contributed by atoms with Gasteiger partial charge in [0.05, 0.1) is 25.4 Å². The Morgan fingerprint density at radius 2 is 2.00 bits per heavy atom. The standard InChI is InChI=1S/C21H38N4O3/c1-6-27-19(16(2)3)9-10-23-21(22-5)24-15-18(20-8-7-17(4)28-20)25-11-13-26-14-12-25/h7-8,16,18-19H,6,9-15H2,1-5H3,(H2,22,23,24). The second kappa shape index (κ2) is 12.1. The van der Waals surface area contributed by atoms with E-state index in [1.807, 2.05) is 19.9 Å². The Kier molecular flexibility index (Phi) is 9.81. The summed E-state index contributed by atoms with van der Waals surface area (Å²) in [4.78, 5) is 6.78. The summed E-state index contributed by atoms with van der Waals surface area (Å²) >= 11 is 0. The van der Waals surface area contributed by atoms with Crippen molar-refractivity contribution in [2.75, 3.05) is 53.0 Å². The number of morpholine rings is 1. The van der Waals surface area contributed by atoms with Gasteiger partial charge in [-0.15, -0.1) is 0 Å². The summed E-state index contributed by atoms with van der Waals surface area (Å²) in [5.74, 6) is 3.23. The van der Waals surface area contributed by atoms with Gasteiger partial charge in [0.25, 0.3) is 0 Å². The van der Waals surface area contributed by atoms with Crippen LogP contribution in [-0.2, 0) is 9.47 Å². The minimum atomic E-state index is 0.156. The predicted octanol–water partition coefficient (Wildman–Crippen LogP) is 2.58. The maximum absolute atomic E-state index is 5.93. The van der Waals surface area contributed by atoms with Crippen molar-refractivity contribution in [1.82, 2.24) is 15.5 Å². The van der Waals surface area contributed by atoms with Crippen LogP contribution in [0.2, 0.25) is 0 Å². The van der Waals surface area contributed by atoms with Crippen LogP contribution in [0.3, 0.4) is 0 Å². The van der Waals surface area contributed by atoms with Gasteiger partial charge >= 0.3 is 0 Å². The summed E-state index contributed by atoms with van der Waals surface area (Å²) in [5, 5.41) is 6.88. The molecule has 28 heavy (non-hydrogen) atoms. The first kappa shape index (κ1) is 22.7. The van der Waals surface area contributed by atoms with E-state index in [1.165, 1.54) is 0 Å². The van der Waals surface area contributed by atoms with Crippen LogP contribution in [-0.4, -0.2) is 70.0 Å². The lowest BCUT2D eigenvalue weighted by atomic mass is 10.0. The Hall–Kier alpha value is -1.57. The fraction of sp³-hybridized carbons (Fsp3) is 0.762. The minimum absolute atomic E-state index is 0.156. The quantitative estimate of drug-likeness (QED) is 0.469. The van der Waals surface area contributed by atoms with Gasteiger partial charge in [-0.3, -0.25) is 9.89 Å². The summed E-state index contributed by atoms with van der Waals surface area (Å²) < 4.78 is 17.3. The molecule has 0 radical (unpaired) electrons. The zero-order valence-electron chi connectivity index (χ0n) is 18.2. The molecule has 1 aliphatic heterocycles. The highest BCUT2D eigenvalue weighted by Gasteiger charge is 2.25. The molecule has 1 aromatic rings. The van der Waals surface area contributed by atoms with Crippen molar-refractivity contribution < 1.29 is 13.9 Å². The lowest BCUT2D eigenvalue weighted by molar-refractivity contribution is 0.0124. The van der Waals surface area contributed by atoms with Crippen LogP contribution in [0.15, 0.2) is 21.5 Å². The van der Waals surface area contributed by atoms with Crippen LogP contribution in [0.1, 0.15) is 44.8 Å². The molecule has 160 valence electrons. The molecular weight excluding hydrogens is 356 g/mol. The fourth-order valence-corrected chi connectivity index (χ4v) is 3.50. The van der Waals surface area contributed by atoms with Crippen molar-refractivity contribution in [3.8, 4) is 0 Å². The molecule has 0 aromatic carbocycles. The first-order chi connectivity index (χ1) is 13.5. The average molecular weight is 395 g/mol. The van der Waals surface area contributed by atoms with Crippen molar-refractivity contribution in [2.45, 2.75) is 46.3 Å². The first-order valence-corrected chi connectivity index (χ1v) is 10.5. The van der Waals surface area contributed by atoms with Crippen molar-refractivity contribution in [2.24, 2.45) is 10.9 Å². The molecule has 1 saturated heterocycles. The Labute approximate surface area is 169 Å². The largest absolute Gasteiger partial charge is 0.465 e. The number of nitrogens with zero attached hydrogens (tertiary/aromatic N) is 2. The molecule has 0 aliphatic carbocycles. The van der Waals surface area contributed by atoms with E-state index < -0.39 is 0 Å². The summed E-state index contributed by atoms with van der Waals surface area (Å²) in [5.41, 5.74) is 0. The Balaban J connectivity index is 1.89. The van der Waals surface area contributed by atoms with Crippen molar-refractivity contribution >= 4 is 5.96 Å². The highest BCUT2D eigenvalue weighted by molar-refractivity contribution is 5.79. The number of aryl methyl sites for hydroxylation is 1. The van der Waals surface area contributed by atoms with E-state index in [1.54, 1.807) is 7.05 Å². The van der Waals surface area contributed by atoms with E-state index in [0.717, 1.165) is 69.9 Å². The molecule has 0 saturated carbocycles. The smallest absolute Gasteiger partial charge is 0.191 e. The molecular formula is C21H38N4O3. The van der Waals surface area contributed by atoms with Crippen molar-refractivity contribution in [3.63, 3.8) is 0 Å². The monoisotopic (exact) mass is 394 g/mol. The van der Waals surface area contributed by atoms with Crippen molar-refractivity contribution in [1.29, 1.82) is 0 Å². The molecule has 2 atom stereocenters. The van der Waals surface area contributed by atoms with Crippen LogP contribution in [0.4, 0.5) is 0 Å². The SMILES string of the molecule is CCOC(CCNC(=NC)NCC(c1ccc(C)o1)N1CCOCC1)C(C)C. The first-order valence-electron chi connectivity index (χ1n) is 10.5. The molecule has 2 unspecified atom stereocenters. The number of rotatable bonds is 10. The number of furan rings is 1. The molecule has 0 spiro atoms.